The maximum absolute atomic E-state index is 11.0. The van der Waals surface area contributed by atoms with Crippen molar-refractivity contribution in [2.45, 2.75) is 31.1 Å². The van der Waals surface area contributed by atoms with Crippen molar-refractivity contribution in [1.82, 2.24) is 0 Å². The second-order valence-corrected chi connectivity index (χ2v) is 8.14. The quantitative estimate of drug-likeness (QED) is 0.423. The molecule has 28 heavy (non-hydrogen) atoms. The molecular formula is C22H24O5S. The predicted octanol–water partition coefficient (Wildman–Crippen LogP) is 5.06. The van der Waals surface area contributed by atoms with Crippen LogP contribution < -0.4 is 9.47 Å². The maximum atomic E-state index is 11.0. The summed E-state index contributed by atoms with van der Waals surface area (Å²) < 4.78 is 42.3. The third-order valence-corrected chi connectivity index (χ3v) is 5.63. The molecule has 0 aliphatic rings. The standard InChI is InChI=1S/C22H24O5S/c1-3-16(2)17-4-5-19-15-21(7-6-18(19)14-17)27-13-12-26-20-8-10-22(11-9-20)28(23,24)25/h4-11,14-16H,3,12-13H2,1-2H3,(H,23,24,25). The highest BCUT2D eigenvalue weighted by atomic mass is 32.2. The van der Waals surface area contributed by atoms with E-state index >= 15 is 0 Å². The van der Waals surface area contributed by atoms with Crippen LogP contribution in [0.3, 0.4) is 0 Å². The molecule has 0 aliphatic heterocycles. The summed E-state index contributed by atoms with van der Waals surface area (Å²) in [4.78, 5) is -0.163. The smallest absolute Gasteiger partial charge is 0.294 e. The Labute approximate surface area is 165 Å². The molecular weight excluding hydrogens is 376 g/mol. The Morgan fingerprint density at radius 2 is 1.43 bits per heavy atom. The predicted molar refractivity (Wildman–Crippen MR) is 110 cm³/mol. The van der Waals surface area contributed by atoms with Gasteiger partial charge in [-0.25, -0.2) is 0 Å². The molecule has 5 nitrogen and oxygen atoms in total. The normalized spacial score (nSPS) is 12.7. The highest BCUT2D eigenvalue weighted by Gasteiger charge is 2.09. The van der Waals surface area contributed by atoms with E-state index in [0.29, 0.717) is 24.9 Å². The Kier molecular flexibility index (Phi) is 6.21. The number of benzene rings is 3. The largest absolute Gasteiger partial charge is 0.490 e. The second kappa shape index (κ2) is 8.63. The lowest BCUT2D eigenvalue weighted by Crippen LogP contribution is -2.09. The van der Waals surface area contributed by atoms with Crippen molar-refractivity contribution in [3.63, 3.8) is 0 Å². The minimum absolute atomic E-state index is 0.163. The van der Waals surface area contributed by atoms with Crippen LogP contribution in [-0.2, 0) is 10.1 Å². The van der Waals surface area contributed by atoms with Gasteiger partial charge in [0, 0.05) is 0 Å². The highest BCUT2D eigenvalue weighted by Crippen LogP contribution is 2.26. The Hall–Kier alpha value is -2.57. The van der Waals surface area contributed by atoms with Crippen LogP contribution in [0, 0.1) is 0 Å². The molecule has 148 valence electrons. The van der Waals surface area contributed by atoms with E-state index in [1.165, 1.54) is 35.2 Å². The fraction of sp³-hybridized carbons (Fsp3) is 0.273. The van der Waals surface area contributed by atoms with E-state index in [4.69, 9.17) is 14.0 Å². The first-order valence-electron chi connectivity index (χ1n) is 9.23. The van der Waals surface area contributed by atoms with Gasteiger partial charge in [0.1, 0.15) is 24.7 Å². The van der Waals surface area contributed by atoms with Gasteiger partial charge in [0.05, 0.1) is 4.90 Å². The van der Waals surface area contributed by atoms with Gasteiger partial charge in [-0.15, -0.1) is 0 Å². The van der Waals surface area contributed by atoms with Gasteiger partial charge in [-0.2, -0.15) is 8.42 Å². The van der Waals surface area contributed by atoms with Gasteiger partial charge in [-0.05, 0) is 65.1 Å². The van der Waals surface area contributed by atoms with E-state index in [1.807, 2.05) is 12.1 Å². The van der Waals surface area contributed by atoms with E-state index in [2.05, 4.69) is 38.1 Å². The van der Waals surface area contributed by atoms with Gasteiger partial charge in [0.25, 0.3) is 10.1 Å². The summed E-state index contributed by atoms with van der Waals surface area (Å²) >= 11 is 0. The van der Waals surface area contributed by atoms with Crippen LogP contribution >= 0.6 is 0 Å². The fourth-order valence-electron chi connectivity index (χ4n) is 2.90. The zero-order chi connectivity index (χ0) is 20.1. The Morgan fingerprint density at radius 1 is 0.857 bits per heavy atom. The van der Waals surface area contributed by atoms with Gasteiger partial charge < -0.3 is 9.47 Å². The van der Waals surface area contributed by atoms with E-state index in [9.17, 15) is 8.42 Å². The molecule has 3 rings (SSSR count). The summed E-state index contributed by atoms with van der Waals surface area (Å²) in [6.07, 6.45) is 1.12. The SMILES string of the molecule is CCC(C)c1ccc2cc(OCCOc3ccc(S(=O)(=O)O)cc3)ccc2c1. The lowest BCUT2D eigenvalue weighted by Gasteiger charge is -2.12. The van der Waals surface area contributed by atoms with Crippen molar-refractivity contribution in [3.8, 4) is 11.5 Å². The minimum Gasteiger partial charge on any atom is -0.490 e. The maximum Gasteiger partial charge on any atom is 0.294 e. The molecule has 0 radical (unpaired) electrons. The molecule has 1 N–H and O–H groups in total. The van der Waals surface area contributed by atoms with E-state index in [1.54, 1.807) is 0 Å². The topological polar surface area (TPSA) is 72.8 Å². The number of fused-ring (bicyclic) bond motifs is 1. The van der Waals surface area contributed by atoms with Crippen molar-refractivity contribution in [1.29, 1.82) is 0 Å². The lowest BCUT2D eigenvalue weighted by atomic mass is 9.96. The van der Waals surface area contributed by atoms with Crippen molar-refractivity contribution < 1.29 is 22.4 Å². The van der Waals surface area contributed by atoms with Crippen molar-refractivity contribution in [2.75, 3.05) is 13.2 Å². The summed E-state index contributed by atoms with van der Waals surface area (Å²) in [7, 11) is -4.19. The monoisotopic (exact) mass is 400 g/mol. The van der Waals surface area contributed by atoms with Gasteiger partial charge in [0.2, 0.25) is 0 Å². The molecule has 1 unspecified atom stereocenters. The molecule has 0 saturated heterocycles. The van der Waals surface area contributed by atoms with Gasteiger partial charge in [-0.1, -0.05) is 38.1 Å². The van der Waals surface area contributed by atoms with Crippen LogP contribution in [0.4, 0.5) is 0 Å². The van der Waals surface area contributed by atoms with Crippen LogP contribution in [-0.4, -0.2) is 26.2 Å². The van der Waals surface area contributed by atoms with Crippen LogP contribution in [0.1, 0.15) is 31.7 Å². The average Bonchev–Trinajstić information content (AvgIpc) is 2.69. The summed E-state index contributed by atoms with van der Waals surface area (Å²) in [5.41, 5.74) is 1.34. The Morgan fingerprint density at radius 3 is 2.07 bits per heavy atom. The molecule has 3 aromatic carbocycles. The third-order valence-electron chi connectivity index (χ3n) is 4.76. The number of ether oxygens (including phenoxy) is 2. The average molecular weight is 400 g/mol. The van der Waals surface area contributed by atoms with Crippen molar-refractivity contribution in [2.24, 2.45) is 0 Å². The van der Waals surface area contributed by atoms with E-state index in [-0.39, 0.29) is 4.90 Å². The summed E-state index contributed by atoms with van der Waals surface area (Å²) in [5.74, 6) is 1.82. The van der Waals surface area contributed by atoms with Crippen molar-refractivity contribution in [3.05, 3.63) is 66.2 Å². The molecule has 0 bridgehead atoms. The molecule has 0 fully saturated rings. The van der Waals surface area contributed by atoms with Gasteiger partial charge in [-0.3, -0.25) is 4.55 Å². The molecule has 0 heterocycles. The minimum atomic E-state index is -4.19. The zero-order valence-corrected chi connectivity index (χ0v) is 16.8. The van der Waals surface area contributed by atoms with Gasteiger partial charge >= 0.3 is 0 Å². The van der Waals surface area contributed by atoms with E-state index < -0.39 is 10.1 Å². The zero-order valence-electron chi connectivity index (χ0n) is 16.0. The number of hydrogen-bond donors (Lipinski definition) is 1. The summed E-state index contributed by atoms with van der Waals surface area (Å²) in [6.45, 7) is 5.10. The molecule has 0 amide bonds. The first-order chi connectivity index (χ1) is 13.4. The summed E-state index contributed by atoms with van der Waals surface area (Å²) in [5, 5.41) is 2.33. The van der Waals surface area contributed by atoms with Crippen LogP contribution in [0.15, 0.2) is 65.6 Å². The van der Waals surface area contributed by atoms with Crippen LogP contribution in [0.5, 0.6) is 11.5 Å². The molecule has 3 aromatic rings. The highest BCUT2D eigenvalue weighted by molar-refractivity contribution is 7.85. The Balaban J connectivity index is 1.55. The number of rotatable bonds is 8. The molecule has 6 heteroatoms. The third kappa shape index (κ3) is 5.03. The van der Waals surface area contributed by atoms with Crippen LogP contribution in [0.2, 0.25) is 0 Å². The molecule has 0 saturated carbocycles. The molecule has 0 spiro atoms. The number of hydrogen-bond acceptors (Lipinski definition) is 4. The Bertz CT molecular complexity index is 1040. The lowest BCUT2D eigenvalue weighted by molar-refractivity contribution is 0.217. The first kappa shape index (κ1) is 20.2. The van der Waals surface area contributed by atoms with Gasteiger partial charge in [0.15, 0.2) is 0 Å². The molecule has 1 atom stereocenters. The molecule has 0 aromatic heterocycles. The molecule has 0 aliphatic carbocycles. The van der Waals surface area contributed by atoms with Crippen molar-refractivity contribution >= 4 is 20.9 Å². The second-order valence-electron chi connectivity index (χ2n) is 6.72. The fourth-order valence-corrected chi connectivity index (χ4v) is 3.38. The summed E-state index contributed by atoms with van der Waals surface area (Å²) in [6, 6.07) is 18.1. The first-order valence-corrected chi connectivity index (χ1v) is 10.7. The van der Waals surface area contributed by atoms with E-state index in [0.717, 1.165) is 17.6 Å². The van der Waals surface area contributed by atoms with Crippen LogP contribution in [0.25, 0.3) is 10.8 Å².